The van der Waals surface area contributed by atoms with Crippen molar-refractivity contribution < 1.29 is 0 Å². The lowest BCUT2D eigenvalue weighted by Crippen LogP contribution is -2.02. The van der Waals surface area contributed by atoms with Crippen molar-refractivity contribution in [3.8, 4) is 0 Å². The fraction of sp³-hybridized carbons (Fsp3) is 0. The zero-order chi connectivity index (χ0) is 10.8. The lowest BCUT2D eigenvalue weighted by atomic mass is 10.1. The number of rotatable bonds is 1. The number of benzene rings is 1. The Kier molecular flexibility index (Phi) is 2.35. The van der Waals surface area contributed by atoms with Crippen LogP contribution in [0.1, 0.15) is 5.56 Å². The molecule has 1 aliphatic rings. The summed E-state index contributed by atoms with van der Waals surface area (Å²) < 4.78 is 0. The van der Waals surface area contributed by atoms with Gasteiger partial charge in [-0.15, -0.1) is 0 Å². The van der Waals surface area contributed by atoms with Gasteiger partial charge in [-0.2, -0.15) is 11.3 Å². The number of allylic oxidation sites excluding steroid dienone is 4. The molecule has 0 atom stereocenters. The third-order valence-corrected chi connectivity index (χ3v) is 3.39. The van der Waals surface area contributed by atoms with Crippen LogP contribution in [-0.4, -0.2) is 0 Å². The minimum Gasteiger partial charge on any atom is -0.361 e. The Morgan fingerprint density at radius 2 is 2.00 bits per heavy atom. The zero-order valence-corrected chi connectivity index (χ0v) is 9.50. The van der Waals surface area contributed by atoms with Crippen molar-refractivity contribution in [3.05, 3.63) is 65.0 Å². The van der Waals surface area contributed by atoms with E-state index in [-0.39, 0.29) is 0 Å². The molecule has 0 bridgehead atoms. The van der Waals surface area contributed by atoms with Gasteiger partial charge in [-0.25, -0.2) is 0 Å². The molecule has 1 aliphatic heterocycles. The summed E-state index contributed by atoms with van der Waals surface area (Å²) in [6, 6.07) is 6.41. The van der Waals surface area contributed by atoms with Crippen LogP contribution in [0.25, 0.3) is 16.5 Å². The summed E-state index contributed by atoms with van der Waals surface area (Å²) in [5, 5.41) is 10.3. The number of hydrogen-bond donors (Lipinski definition) is 1. The van der Waals surface area contributed by atoms with E-state index in [4.69, 9.17) is 0 Å². The Bertz CT molecular complexity index is 602. The van der Waals surface area contributed by atoms with Gasteiger partial charge in [-0.1, -0.05) is 30.4 Å². The molecule has 0 aliphatic carbocycles. The molecular weight excluding hydrogens is 214 g/mol. The topological polar surface area (TPSA) is 12.0 Å². The predicted molar refractivity (Wildman–Crippen MR) is 71.2 cm³/mol. The highest BCUT2D eigenvalue weighted by molar-refractivity contribution is 7.09. The summed E-state index contributed by atoms with van der Waals surface area (Å²) in [5.74, 6) is 0. The van der Waals surface area contributed by atoms with Gasteiger partial charge in [0.15, 0.2) is 0 Å². The van der Waals surface area contributed by atoms with Gasteiger partial charge in [-0.05, 0) is 28.3 Å². The number of nitrogens with one attached hydrogen (secondary N) is 1. The quantitative estimate of drug-likeness (QED) is 0.775. The lowest BCUT2D eigenvalue weighted by molar-refractivity contribution is 1.23. The van der Waals surface area contributed by atoms with Gasteiger partial charge in [0.05, 0.1) is 0 Å². The van der Waals surface area contributed by atoms with Crippen LogP contribution >= 0.6 is 11.3 Å². The maximum Gasteiger partial charge on any atom is 0.0459 e. The molecule has 2 heteroatoms. The maximum atomic E-state index is 3.30. The zero-order valence-electron chi connectivity index (χ0n) is 8.68. The Balaban J connectivity index is 2.18. The van der Waals surface area contributed by atoms with Crippen LogP contribution in [0.5, 0.6) is 0 Å². The highest BCUT2D eigenvalue weighted by Gasteiger charge is 2.05. The Hall–Kier alpha value is -1.80. The van der Waals surface area contributed by atoms with E-state index < -0.39 is 0 Å². The Labute approximate surface area is 98.4 Å². The number of fused-ring (bicyclic) bond motifs is 1. The third-order valence-electron chi connectivity index (χ3n) is 2.63. The first-order chi connectivity index (χ1) is 7.95. The molecule has 0 unspecified atom stereocenters. The van der Waals surface area contributed by atoms with Gasteiger partial charge in [0, 0.05) is 22.8 Å². The van der Waals surface area contributed by atoms with Crippen LogP contribution in [0.4, 0.5) is 0 Å². The first kappa shape index (κ1) is 9.43. The third kappa shape index (κ3) is 1.57. The van der Waals surface area contributed by atoms with E-state index >= 15 is 0 Å². The predicted octanol–water partition coefficient (Wildman–Crippen LogP) is 3.92. The normalized spacial score (nSPS) is 14.6. The molecule has 2 heterocycles. The van der Waals surface area contributed by atoms with Crippen molar-refractivity contribution in [3.63, 3.8) is 0 Å². The molecule has 0 fully saturated rings. The SMILES string of the molecule is C1=CC=C(c2cccc3cscc23)NC=C1. The molecular formula is C14H11NS. The summed E-state index contributed by atoms with van der Waals surface area (Å²) >= 11 is 1.75. The second-order valence-electron chi connectivity index (χ2n) is 3.65. The first-order valence-electron chi connectivity index (χ1n) is 5.20. The van der Waals surface area contributed by atoms with Crippen LogP contribution in [0, 0.1) is 0 Å². The standard InChI is InChI=1S/C14H11NS/c1-2-7-14(15-8-3-1)12-6-4-5-11-9-16-10-13(11)12/h1-10,15H. The highest BCUT2D eigenvalue weighted by atomic mass is 32.1. The second-order valence-corrected chi connectivity index (χ2v) is 4.39. The van der Waals surface area contributed by atoms with Crippen LogP contribution in [0.15, 0.2) is 59.5 Å². The fourth-order valence-electron chi connectivity index (χ4n) is 1.85. The van der Waals surface area contributed by atoms with Gasteiger partial charge in [0.25, 0.3) is 0 Å². The summed E-state index contributed by atoms with van der Waals surface area (Å²) in [5.41, 5.74) is 2.41. The van der Waals surface area contributed by atoms with E-state index in [9.17, 15) is 0 Å². The van der Waals surface area contributed by atoms with Crippen LogP contribution in [0.2, 0.25) is 0 Å². The van der Waals surface area contributed by atoms with Crippen molar-refractivity contribution in [1.82, 2.24) is 5.32 Å². The second kappa shape index (κ2) is 3.99. The molecule has 1 nitrogen and oxygen atoms in total. The van der Waals surface area contributed by atoms with Crippen molar-refractivity contribution in [2.45, 2.75) is 0 Å². The van der Waals surface area contributed by atoms with E-state index in [1.54, 1.807) is 11.3 Å². The van der Waals surface area contributed by atoms with Crippen molar-refractivity contribution in [1.29, 1.82) is 0 Å². The van der Waals surface area contributed by atoms with Gasteiger partial charge >= 0.3 is 0 Å². The monoisotopic (exact) mass is 225 g/mol. The molecule has 0 saturated carbocycles. The smallest absolute Gasteiger partial charge is 0.0459 e. The average Bonchev–Trinajstić information content (AvgIpc) is 2.63. The summed E-state index contributed by atoms with van der Waals surface area (Å²) in [7, 11) is 0. The van der Waals surface area contributed by atoms with Gasteiger partial charge in [-0.3, -0.25) is 0 Å². The molecule has 0 saturated heterocycles. The van der Waals surface area contributed by atoms with E-state index in [0.29, 0.717) is 0 Å². The Morgan fingerprint density at radius 1 is 1.00 bits per heavy atom. The summed E-state index contributed by atoms with van der Waals surface area (Å²) in [6.07, 6.45) is 10.1. The molecule has 0 amide bonds. The molecule has 1 aromatic heterocycles. The molecule has 2 aromatic rings. The highest BCUT2D eigenvalue weighted by Crippen LogP contribution is 2.27. The van der Waals surface area contributed by atoms with Gasteiger partial charge in [0.2, 0.25) is 0 Å². The molecule has 1 aromatic carbocycles. The van der Waals surface area contributed by atoms with Crippen molar-refractivity contribution in [2.75, 3.05) is 0 Å². The van der Waals surface area contributed by atoms with Gasteiger partial charge in [0.1, 0.15) is 0 Å². The van der Waals surface area contributed by atoms with E-state index in [1.165, 1.54) is 16.3 Å². The molecule has 3 rings (SSSR count). The van der Waals surface area contributed by atoms with Crippen LogP contribution in [0.3, 0.4) is 0 Å². The minimum atomic E-state index is 1.15. The van der Waals surface area contributed by atoms with Gasteiger partial charge < -0.3 is 5.32 Å². The number of hydrogen-bond acceptors (Lipinski definition) is 2. The van der Waals surface area contributed by atoms with Crippen molar-refractivity contribution in [2.24, 2.45) is 0 Å². The summed E-state index contributed by atoms with van der Waals surface area (Å²) in [4.78, 5) is 0. The minimum absolute atomic E-state index is 1.15. The van der Waals surface area contributed by atoms with Crippen LogP contribution in [-0.2, 0) is 0 Å². The molecule has 1 N–H and O–H groups in total. The number of thiophene rings is 1. The van der Waals surface area contributed by atoms with E-state index in [0.717, 1.165) is 5.70 Å². The molecule has 0 radical (unpaired) electrons. The fourth-order valence-corrected chi connectivity index (χ4v) is 2.67. The average molecular weight is 225 g/mol. The van der Waals surface area contributed by atoms with E-state index in [1.807, 2.05) is 18.4 Å². The molecule has 16 heavy (non-hydrogen) atoms. The largest absolute Gasteiger partial charge is 0.361 e. The Morgan fingerprint density at radius 3 is 3.00 bits per heavy atom. The van der Waals surface area contributed by atoms with E-state index in [2.05, 4.69) is 46.4 Å². The molecule has 0 spiro atoms. The lowest BCUT2D eigenvalue weighted by Gasteiger charge is -2.07. The van der Waals surface area contributed by atoms with Crippen LogP contribution < -0.4 is 5.32 Å². The maximum absolute atomic E-state index is 3.30. The first-order valence-corrected chi connectivity index (χ1v) is 6.15. The summed E-state index contributed by atoms with van der Waals surface area (Å²) in [6.45, 7) is 0. The molecule has 78 valence electrons. The van der Waals surface area contributed by atoms with Crippen molar-refractivity contribution >= 4 is 27.8 Å².